The molecule has 0 spiro atoms. The average molecular weight is 169 g/mol. The number of hydrogen-bond donors (Lipinski definition) is 2. The summed E-state index contributed by atoms with van der Waals surface area (Å²) in [5, 5.41) is 8.80. The van der Waals surface area contributed by atoms with Crippen molar-refractivity contribution in [3.63, 3.8) is 0 Å². The molecule has 1 atom stereocenters. The molecule has 3 N–H and O–H groups in total. The van der Waals surface area contributed by atoms with Gasteiger partial charge >= 0.3 is 0 Å². The van der Waals surface area contributed by atoms with Gasteiger partial charge in [-0.25, -0.2) is 0 Å². The smallest absolute Gasteiger partial charge is 0.271 e. The lowest BCUT2D eigenvalue weighted by Gasteiger charge is -2.15. The highest BCUT2D eigenvalue weighted by atomic mass is 32.2. The zero-order valence-corrected chi connectivity index (χ0v) is 6.68. The molecular weight excluding hydrogens is 158 g/mol. The normalized spacial score (nSPS) is 18.4. The molecule has 0 saturated carbocycles. The molecule has 0 aromatic carbocycles. The highest BCUT2D eigenvalue weighted by Crippen LogP contribution is 2.00. The highest BCUT2D eigenvalue weighted by molar-refractivity contribution is 7.86. The van der Waals surface area contributed by atoms with Crippen molar-refractivity contribution >= 4 is 10.1 Å². The van der Waals surface area contributed by atoms with E-state index in [0.29, 0.717) is 0 Å². The van der Waals surface area contributed by atoms with Gasteiger partial charge in [0.25, 0.3) is 10.1 Å². The summed E-state index contributed by atoms with van der Waals surface area (Å²) in [6.45, 7) is 1.18. The molecule has 0 aromatic rings. The van der Waals surface area contributed by atoms with Crippen LogP contribution >= 0.6 is 0 Å². The van der Waals surface area contributed by atoms with Gasteiger partial charge in [-0.1, -0.05) is 0 Å². The van der Waals surface area contributed by atoms with E-state index < -0.39 is 21.6 Å². The topological polar surface area (TPSA) is 89.6 Å². The van der Waals surface area contributed by atoms with E-state index >= 15 is 0 Å². The maximum absolute atomic E-state index is 10.6. The first kappa shape index (κ1) is 9.83. The molecule has 0 fully saturated rings. The Morgan fingerprint density at radius 1 is 1.70 bits per heavy atom. The zero-order valence-electron chi connectivity index (χ0n) is 5.86. The van der Waals surface area contributed by atoms with E-state index in [4.69, 9.17) is 10.8 Å². The Kier molecular flexibility index (Phi) is 2.78. The van der Waals surface area contributed by atoms with Gasteiger partial charge in [-0.3, -0.25) is 4.18 Å². The van der Waals surface area contributed by atoms with Gasteiger partial charge < -0.3 is 10.8 Å². The Balaban J connectivity index is 4.18. The summed E-state index contributed by atoms with van der Waals surface area (Å²) in [6.07, 6.45) is 0. The van der Waals surface area contributed by atoms with Gasteiger partial charge in [-0.2, -0.15) is 8.42 Å². The van der Waals surface area contributed by atoms with Crippen LogP contribution < -0.4 is 5.73 Å². The van der Waals surface area contributed by atoms with Crippen molar-refractivity contribution in [1.29, 1.82) is 0 Å². The van der Waals surface area contributed by atoms with Crippen molar-refractivity contribution in [2.75, 3.05) is 12.9 Å². The quantitative estimate of drug-likeness (QED) is 0.402. The summed E-state index contributed by atoms with van der Waals surface area (Å²) in [6, 6.07) is 0. The fourth-order valence-electron chi connectivity index (χ4n) is 0.417. The predicted molar refractivity (Wildman–Crippen MR) is 35.6 cm³/mol. The Hall–Kier alpha value is -0.170. The lowest BCUT2D eigenvalue weighted by Crippen LogP contribution is -2.43. The number of nitrogens with two attached hydrogens (primary N) is 1. The van der Waals surface area contributed by atoms with Crippen LogP contribution in [0.4, 0.5) is 0 Å². The van der Waals surface area contributed by atoms with Gasteiger partial charge in [0.15, 0.2) is 0 Å². The van der Waals surface area contributed by atoms with Crippen molar-refractivity contribution in [3.05, 3.63) is 0 Å². The van der Waals surface area contributed by atoms with E-state index in [0.717, 1.165) is 7.11 Å². The first-order valence-corrected chi connectivity index (χ1v) is 4.14. The van der Waals surface area contributed by atoms with Crippen molar-refractivity contribution in [2.24, 2.45) is 5.73 Å². The molecule has 0 aliphatic heterocycles. The maximum atomic E-state index is 10.6. The molecule has 0 aromatic heterocycles. The fraction of sp³-hybridized carbons (Fsp3) is 1.00. The molecule has 0 bridgehead atoms. The molecule has 0 aliphatic carbocycles. The largest absolute Gasteiger partial charge is 0.375 e. The average Bonchev–Trinajstić information content (AvgIpc) is 1.60. The molecule has 0 rings (SSSR count). The third-order valence-corrected chi connectivity index (χ3v) is 2.17. The molecule has 5 nitrogen and oxygen atoms in total. The van der Waals surface area contributed by atoms with Crippen LogP contribution in [0.3, 0.4) is 0 Å². The van der Waals surface area contributed by atoms with Crippen LogP contribution in [-0.2, 0) is 14.3 Å². The van der Waals surface area contributed by atoms with E-state index in [-0.39, 0.29) is 0 Å². The summed E-state index contributed by atoms with van der Waals surface area (Å²) in [5.41, 5.74) is 3.27. The Bertz CT molecular complexity index is 190. The molecule has 62 valence electrons. The fourth-order valence-corrected chi connectivity index (χ4v) is 1.25. The Morgan fingerprint density at radius 3 is 2.20 bits per heavy atom. The van der Waals surface area contributed by atoms with Gasteiger partial charge in [0.2, 0.25) is 0 Å². The second-order valence-electron chi connectivity index (χ2n) is 2.23. The minimum Gasteiger partial charge on any atom is -0.375 e. The van der Waals surface area contributed by atoms with Crippen molar-refractivity contribution < 1.29 is 17.7 Å². The van der Waals surface area contributed by atoms with Crippen molar-refractivity contribution in [2.45, 2.75) is 12.6 Å². The summed E-state index contributed by atoms with van der Waals surface area (Å²) < 4.78 is 25.2. The lowest BCUT2D eigenvalue weighted by atomic mass is 10.3. The molecule has 0 amide bonds. The van der Waals surface area contributed by atoms with E-state index in [1.807, 2.05) is 0 Å². The van der Waals surface area contributed by atoms with Crippen LogP contribution in [0.15, 0.2) is 0 Å². The summed E-state index contributed by atoms with van der Waals surface area (Å²) >= 11 is 0. The van der Waals surface area contributed by atoms with Crippen molar-refractivity contribution in [3.8, 4) is 0 Å². The molecule has 0 saturated heterocycles. The minimum absolute atomic E-state index is 0.601. The van der Waals surface area contributed by atoms with E-state index in [1.165, 1.54) is 6.92 Å². The number of rotatable bonds is 3. The van der Waals surface area contributed by atoms with Crippen LogP contribution in [0, 0.1) is 0 Å². The molecular formula is C4H11NO4S. The first-order chi connectivity index (χ1) is 4.27. The van der Waals surface area contributed by atoms with Crippen LogP contribution in [0.5, 0.6) is 0 Å². The second-order valence-corrected chi connectivity index (χ2v) is 3.96. The van der Waals surface area contributed by atoms with Crippen LogP contribution in [0.1, 0.15) is 6.92 Å². The van der Waals surface area contributed by atoms with Crippen molar-refractivity contribution in [1.82, 2.24) is 0 Å². The number of hydrogen-bond acceptors (Lipinski definition) is 5. The summed E-state index contributed by atoms with van der Waals surface area (Å²) in [5.74, 6) is -0.601. The van der Waals surface area contributed by atoms with Crippen LogP contribution in [0.2, 0.25) is 0 Å². The second kappa shape index (κ2) is 2.83. The zero-order chi connectivity index (χ0) is 8.41. The standard InChI is InChI=1S/C4H11NO4S/c1-4(5,6)3-10(7,8)9-2/h6H,3,5H2,1-2H3. The third kappa shape index (κ3) is 4.68. The monoisotopic (exact) mass is 169 g/mol. The van der Waals surface area contributed by atoms with Gasteiger partial charge in [0, 0.05) is 0 Å². The van der Waals surface area contributed by atoms with E-state index in [2.05, 4.69) is 4.18 Å². The summed E-state index contributed by atoms with van der Waals surface area (Å²) in [7, 11) is -2.64. The van der Waals surface area contributed by atoms with Gasteiger partial charge in [-0.15, -0.1) is 0 Å². The van der Waals surface area contributed by atoms with Crippen LogP contribution in [0.25, 0.3) is 0 Å². The molecule has 6 heteroatoms. The predicted octanol–water partition coefficient (Wildman–Crippen LogP) is -1.37. The number of aliphatic hydroxyl groups is 1. The van der Waals surface area contributed by atoms with E-state index in [9.17, 15) is 8.42 Å². The van der Waals surface area contributed by atoms with Gasteiger partial charge in [0.1, 0.15) is 11.5 Å². The highest BCUT2D eigenvalue weighted by Gasteiger charge is 2.23. The van der Waals surface area contributed by atoms with Gasteiger partial charge in [-0.05, 0) is 6.92 Å². The van der Waals surface area contributed by atoms with Gasteiger partial charge in [0.05, 0.1) is 7.11 Å². The van der Waals surface area contributed by atoms with E-state index in [1.54, 1.807) is 0 Å². The Labute approximate surface area is 59.9 Å². The lowest BCUT2D eigenvalue weighted by molar-refractivity contribution is 0.0890. The third-order valence-electron chi connectivity index (χ3n) is 0.723. The molecule has 0 heterocycles. The van der Waals surface area contributed by atoms with Crippen LogP contribution in [-0.4, -0.2) is 32.1 Å². The summed E-state index contributed by atoms with van der Waals surface area (Å²) in [4.78, 5) is 0. The molecule has 1 unspecified atom stereocenters. The first-order valence-electron chi connectivity index (χ1n) is 2.56. The molecule has 0 aliphatic rings. The maximum Gasteiger partial charge on any atom is 0.271 e. The Morgan fingerprint density at radius 2 is 2.10 bits per heavy atom. The SMILES string of the molecule is COS(=O)(=O)CC(C)(N)O. The molecule has 0 radical (unpaired) electrons. The molecule has 10 heavy (non-hydrogen) atoms. The minimum atomic E-state index is -3.65.